The van der Waals surface area contributed by atoms with E-state index in [-0.39, 0.29) is 12.5 Å². The third kappa shape index (κ3) is 7.55. The van der Waals surface area contributed by atoms with Crippen molar-refractivity contribution < 1.29 is 14.3 Å². The van der Waals surface area contributed by atoms with Crippen LogP contribution in [0, 0.1) is 0 Å². The lowest BCUT2D eigenvalue weighted by Crippen LogP contribution is -2.50. The molecule has 0 saturated carbocycles. The Bertz CT molecular complexity index is 549. The van der Waals surface area contributed by atoms with Gasteiger partial charge in [-0.05, 0) is 36.5 Å². The molecular weight excluding hydrogens is 342 g/mol. The molecule has 0 unspecified atom stereocenters. The molecule has 1 amide bonds. The van der Waals surface area contributed by atoms with Gasteiger partial charge in [-0.15, -0.1) is 0 Å². The zero-order valence-electron chi connectivity index (χ0n) is 14.3. The Labute approximate surface area is 153 Å². The van der Waals surface area contributed by atoms with Crippen molar-refractivity contribution in [1.29, 1.82) is 0 Å². The maximum absolute atomic E-state index is 11.8. The lowest BCUT2D eigenvalue weighted by Gasteiger charge is -2.26. The highest BCUT2D eigenvalue weighted by molar-refractivity contribution is 7.80. The van der Waals surface area contributed by atoms with Crippen LogP contribution in [0.3, 0.4) is 0 Å². The number of carbonyl (C=O) groups excluding carboxylic acids is 1. The molecule has 1 heterocycles. The average Bonchev–Trinajstić information content (AvgIpc) is 2.66. The van der Waals surface area contributed by atoms with Crippen LogP contribution < -0.4 is 26.2 Å². The number of hydrazine groups is 1. The van der Waals surface area contributed by atoms with Gasteiger partial charge in [-0.25, -0.2) is 0 Å². The first-order valence-electron chi connectivity index (χ1n) is 8.18. The van der Waals surface area contributed by atoms with E-state index >= 15 is 0 Å². The molecule has 0 aromatic heterocycles. The van der Waals surface area contributed by atoms with Gasteiger partial charge in [-0.1, -0.05) is 0 Å². The first-order chi connectivity index (χ1) is 12.2. The van der Waals surface area contributed by atoms with Gasteiger partial charge in [0.25, 0.3) is 5.91 Å². The summed E-state index contributed by atoms with van der Waals surface area (Å²) in [6.45, 7) is 5.17. The number of nitrogens with zero attached hydrogens (tertiary/aromatic N) is 1. The van der Waals surface area contributed by atoms with Gasteiger partial charge in [0.15, 0.2) is 5.11 Å². The van der Waals surface area contributed by atoms with Crippen LogP contribution >= 0.6 is 12.2 Å². The summed E-state index contributed by atoms with van der Waals surface area (Å²) < 4.78 is 10.4. The number of ether oxygens (including phenoxy) is 2. The van der Waals surface area contributed by atoms with Gasteiger partial charge >= 0.3 is 0 Å². The molecule has 138 valence electrons. The molecule has 0 radical (unpaired) electrons. The molecule has 4 N–H and O–H groups in total. The summed E-state index contributed by atoms with van der Waals surface area (Å²) >= 11 is 5.13. The topological polar surface area (TPSA) is 86.9 Å². The minimum atomic E-state index is -0.215. The Morgan fingerprint density at radius 3 is 2.64 bits per heavy atom. The van der Waals surface area contributed by atoms with E-state index in [1.807, 2.05) is 24.3 Å². The molecule has 1 fully saturated rings. The Kier molecular flexibility index (Phi) is 8.23. The third-order valence-corrected chi connectivity index (χ3v) is 3.92. The van der Waals surface area contributed by atoms with Crippen molar-refractivity contribution in [3.63, 3.8) is 0 Å². The van der Waals surface area contributed by atoms with Crippen molar-refractivity contribution in [1.82, 2.24) is 21.1 Å². The van der Waals surface area contributed by atoms with E-state index in [0.717, 1.165) is 44.3 Å². The molecule has 25 heavy (non-hydrogen) atoms. The Balaban J connectivity index is 1.54. The first kappa shape index (κ1) is 19.2. The van der Waals surface area contributed by atoms with E-state index < -0.39 is 0 Å². The summed E-state index contributed by atoms with van der Waals surface area (Å²) in [4.78, 5) is 14.1. The van der Waals surface area contributed by atoms with Crippen LogP contribution in [0.2, 0.25) is 0 Å². The van der Waals surface area contributed by atoms with Crippen LogP contribution in [-0.4, -0.2) is 69.0 Å². The minimum Gasteiger partial charge on any atom is -0.497 e. The fourth-order valence-corrected chi connectivity index (χ4v) is 2.41. The van der Waals surface area contributed by atoms with Crippen LogP contribution in [0.4, 0.5) is 5.69 Å². The van der Waals surface area contributed by atoms with Gasteiger partial charge in [-0.3, -0.25) is 20.5 Å². The van der Waals surface area contributed by atoms with E-state index in [4.69, 9.17) is 21.7 Å². The van der Waals surface area contributed by atoms with Crippen molar-refractivity contribution in [3.05, 3.63) is 24.3 Å². The molecule has 0 atom stereocenters. The third-order valence-electron chi connectivity index (χ3n) is 3.68. The summed E-state index contributed by atoms with van der Waals surface area (Å²) in [7, 11) is 1.61. The van der Waals surface area contributed by atoms with Crippen LogP contribution in [0.15, 0.2) is 24.3 Å². The molecule has 8 nitrogen and oxygen atoms in total. The highest BCUT2D eigenvalue weighted by Gasteiger charge is 2.09. The van der Waals surface area contributed by atoms with Gasteiger partial charge in [0.1, 0.15) is 5.75 Å². The predicted octanol–water partition coefficient (Wildman–Crippen LogP) is -0.0654. The molecule has 0 bridgehead atoms. The SMILES string of the molecule is COc1ccc(NCC(=O)NNC(=S)NCCN2CCOCC2)cc1. The Morgan fingerprint density at radius 1 is 1.24 bits per heavy atom. The average molecular weight is 367 g/mol. The van der Waals surface area contributed by atoms with Crippen molar-refractivity contribution in [2.24, 2.45) is 0 Å². The summed E-state index contributed by atoms with van der Waals surface area (Å²) in [5, 5.41) is 6.47. The van der Waals surface area contributed by atoms with E-state index in [9.17, 15) is 4.79 Å². The second-order valence-electron chi connectivity index (χ2n) is 5.47. The fraction of sp³-hybridized carbons (Fsp3) is 0.500. The van der Waals surface area contributed by atoms with Gasteiger partial charge in [0.2, 0.25) is 0 Å². The molecule has 0 aliphatic carbocycles. The minimum absolute atomic E-state index is 0.135. The molecule has 1 aliphatic heterocycles. The second-order valence-corrected chi connectivity index (χ2v) is 5.87. The summed E-state index contributed by atoms with van der Waals surface area (Å²) in [6, 6.07) is 7.34. The van der Waals surface area contributed by atoms with Gasteiger partial charge in [0, 0.05) is 31.9 Å². The second kappa shape index (κ2) is 10.7. The smallest absolute Gasteiger partial charge is 0.257 e. The van der Waals surface area contributed by atoms with Gasteiger partial charge in [0.05, 0.1) is 26.9 Å². The van der Waals surface area contributed by atoms with Crippen LogP contribution in [0.1, 0.15) is 0 Å². The first-order valence-corrected chi connectivity index (χ1v) is 8.59. The highest BCUT2D eigenvalue weighted by Crippen LogP contribution is 2.14. The highest BCUT2D eigenvalue weighted by atomic mass is 32.1. The van der Waals surface area contributed by atoms with E-state index in [1.54, 1.807) is 7.11 Å². The monoisotopic (exact) mass is 367 g/mol. The quantitative estimate of drug-likeness (QED) is 0.394. The normalized spacial score (nSPS) is 14.4. The predicted molar refractivity (Wildman–Crippen MR) is 101 cm³/mol. The lowest BCUT2D eigenvalue weighted by molar-refractivity contribution is -0.119. The van der Waals surface area contributed by atoms with Gasteiger partial charge in [-0.2, -0.15) is 0 Å². The van der Waals surface area contributed by atoms with Crippen molar-refractivity contribution in [2.45, 2.75) is 0 Å². The summed E-state index contributed by atoms with van der Waals surface area (Å²) in [5.74, 6) is 0.554. The molecule has 0 spiro atoms. The number of thiocarbonyl (C=S) groups is 1. The van der Waals surface area contributed by atoms with Gasteiger partial charge < -0.3 is 20.1 Å². The number of rotatable bonds is 7. The standard InChI is InChI=1S/C16H25N5O3S/c1-23-14-4-2-13(3-5-14)18-12-15(22)19-20-16(25)17-6-7-21-8-10-24-11-9-21/h2-5,18H,6-12H2,1H3,(H,19,22)(H2,17,20,25). The maximum atomic E-state index is 11.8. The van der Waals surface area contributed by atoms with E-state index in [1.165, 1.54) is 0 Å². The number of nitrogens with one attached hydrogen (secondary N) is 4. The number of hydrogen-bond acceptors (Lipinski definition) is 6. The molecule has 1 saturated heterocycles. The molecular formula is C16H25N5O3S. The lowest BCUT2D eigenvalue weighted by atomic mass is 10.3. The van der Waals surface area contributed by atoms with Crippen molar-refractivity contribution >= 4 is 28.9 Å². The number of anilines is 1. The Morgan fingerprint density at radius 2 is 1.96 bits per heavy atom. The van der Waals surface area contributed by atoms with E-state index in [0.29, 0.717) is 11.7 Å². The number of methoxy groups -OCH3 is 1. The number of hydrogen-bond donors (Lipinski definition) is 4. The number of carbonyl (C=O) groups is 1. The largest absolute Gasteiger partial charge is 0.497 e. The number of benzene rings is 1. The van der Waals surface area contributed by atoms with E-state index in [2.05, 4.69) is 26.4 Å². The molecule has 9 heteroatoms. The number of morpholine rings is 1. The van der Waals surface area contributed by atoms with Crippen LogP contribution in [-0.2, 0) is 9.53 Å². The van der Waals surface area contributed by atoms with Crippen LogP contribution in [0.5, 0.6) is 5.75 Å². The molecule has 2 rings (SSSR count). The molecule has 1 aromatic rings. The summed E-state index contributed by atoms with van der Waals surface area (Å²) in [5.41, 5.74) is 6.08. The van der Waals surface area contributed by atoms with Crippen molar-refractivity contribution in [3.8, 4) is 5.75 Å². The Hall–Kier alpha value is -2.10. The zero-order valence-corrected chi connectivity index (χ0v) is 15.2. The van der Waals surface area contributed by atoms with Crippen molar-refractivity contribution in [2.75, 3.05) is 58.4 Å². The maximum Gasteiger partial charge on any atom is 0.257 e. The molecule has 1 aliphatic rings. The molecule has 1 aromatic carbocycles. The van der Waals surface area contributed by atoms with Crippen LogP contribution in [0.25, 0.3) is 0 Å². The number of amides is 1. The zero-order chi connectivity index (χ0) is 17.9. The fourth-order valence-electron chi connectivity index (χ4n) is 2.26. The summed E-state index contributed by atoms with van der Waals surface area (Å²) in [6.07, 6.45) is 0.